The van der Waals surface area contributed by atoms with Gasteiger partial charge in [-0.15, -0.1) is 0 Å². The molecule has 2 rings (SSSR count). The van der Waals surface area contributed by atoms with E-state index in [-0.39, 0.29) is 10.5 Å². The lowest BCUT2D eigenvalue weighted by Gasteiger charge is -2.09. The number of sulfonamides is 1. The van der Waals surface area contributed by atoms with E-state index >= 15 is 0 Å². The minimum atomic E-state index is -3.63. The highest BCUT2D eigenvalue weighted by molar-refractivity contribution is 7.92. The Labute approximate surface area is 129 Å². The summed E-state index contributed by atoms with van der Waals surface area (Å²) in [5.41, 5.74) is 0.660. The zero-order valence-electron chi connectivity index (χ0n) is 11.9. The summed E-state index contributed by atoms with van der Waals surface area (Å²) in [6, 6.07) is 14.1. The summed E-state index contributed by atoms with van der Waals surface area (Å²) in [6.07, 6.45) is 0. The molecule has 0 atom stereocenters. The molecule has 2 aromatic rings. The minimum Gasteiger partial charge on any atom is -0.423 e. The van der Waals surface area contributed by atoms with Crippen LogP contribution in [-0.2, 0) is 14.8 Å². The maximum absolute atomic E-state index is 12.1. The van der Waals surface area contributed by atoms with Crippen molar-refractivity contribution in [2.45, 2.75) is 11.8 Å². The number of hydrogen-bond donors (Lipinski definition) is 1. The molecule has 0 amide bonds. The fraction of sp³-hybridized carbons (Fsp3) is 0.0625. The fourth-order valence-electron chi connectivity index (χ4n) is 1.60. The molecular weight excluding hydrogens is 302 g/mol. The molecule has 0 aromatic heterocycles. The normalized spacial score (nSPS) is 10.8. The molecule has 0 saturated heterocycles. The smallest absolute Gasteiger partial charge is 0.338 e. The van der Waals surface area contributed by atoms with E-state index in [1.165, 1.54) is 36.4 Å². The van der Waals surface area contributed by atoms with Crippen molar-refractivity contribution in [2.24, 2.45) is 0 Å². The highest BCUT2D eigenvalue weighted by Gasteiger charge is 2.13. The molecule has 114 valence electrons. The van der Waals surface area contributed by atoms with E-state index in [0.717, 1.165) is 0 Å². The first-order valence-corrected chi connectivity index (χ1v) is 7.92. The summed E-state index contributed by atoms with van der Waals surface area (Å²) in [5, 5.41) is 0. The molecule has 0 radical (unpaired) electrons. The van der Waals surface area contributed by atoms with Gasteiger partial charge in [-0.25, -0.2) is 13.2 Å². The number of esters is 1. The first kappa shape index (κ1) is 15.8. The Kier molecular flexibility index (Phi) is 4.62. The van der Waals surface area contributed by atoms with Gasteiger partial charge in [0.2, 0.25) is 0 Å². The molecule has 0 saturated carbocycles. The standard InChI is InChI=1S/C16H15NO4S/c1-12(2)16(18)21-14-10-8-13(9-11-14)17-22(19,20)15-6-4-3-5-7-15/h3-11,17H,1H2,2H3. The van der Waals surface area contributed by atoms with Gasteiger partial charge in [-0.1, -0.05) is 24.8 Å². The lowest BCUT2D eigenvalue weighted by molar-refractivity contribution is -0.130. The molecule has 2 aromatic carbocycles. The number of benzene rings is 2. The maximum Gasteiger partial charge on any atom is 0.338 e. The zero-order chi connectivity index (χ0) is 16.2. The van der Waals surface area contributed by atoms with Gasteiger partial charge in [-0.2, -0.15) is 0 Å². The highest BCUT2D eigenvalue weighted by atomic mass is 32.2. The summed E-state index contributed by atoms with van der Waals surface area (Å²) >= 11 is 0. The van der Waals surface area contributed by atoms with Gasteiger partial charge >= 0.3 is 5.97 Å². The third-order valence-corrected chi connectivity index (χ3v) is 4.12. The van der Waals surface area contributed by atoms with Gasteiger partial charge < -0.3 is 4.74 Å². The van der Waals surface area contributed by atoms with Crippen LogP contribution in [0.4, 0.5) is 5.69 Å². The van der Waals surface area contributed by atoms with Crippen molar-refractivity contribution >= 4 is 21.7 Å². The van der Waals surface area contributed by atoms with Crippen molar-refractivity contribution in [2.75, 3.05) is 4.72 Å². The van der Waals surface area contributed by atoms with Crippen LogP contribution < -0.4 is 9.46 Å². The van der Waals surface area contributed by atoms with E-state index in [4.69, 9.17) is 4.74 Å². The van der Waals surface area contributed by atoms with Crippen molar-refractivity contribution in [1.29, 1.82) is 0 Å². The molecule has 0 unspecified atom stereocenters. The molecule has 6 heteroatoms. The molecular formula is C16H15NO4S. The van der Waals surface area contributed by atoms with Crippen molar-refractivity contribution in [3.8, 4) is 5.75 Å². The zero-order valence-corrected chi connectivity index (χ0v) is 12.8. The van der Waals surface area contributed by atoms with E-state index in [2.05, 4.69) is 11.3 Å². The Bertz CT molecular complexity index is 781. The number of carbonyl (C=O) groups is 1. The van der Waals surface area contributed by atoms with Crippen LogP contribution in [0.5, 0.6) is 5.75 Å². The van der Waals surface area contributed by atoms with E-state index in [1.54, 1.807) is 25.1 Å². The van der Waals surface area contributed by atoms with Gasteiger partial charge in [0.1, 0.15) is 5.75 Å². The van der Waals surface area contributed by atoms with E-state index in [1.807, 2.05) is 0 Å². The SMILES string of the molecule is C=C(C)C(=O)Oc1ccc(NS(=O)(=O)c2ccccc2)cc1. The number of hydrogen-bond acceptors (Lipinski definition) is 4. The summed E-state index contributed by atoms with van der Waals surface area (Å²) in [5.74, 6) is -0.215. The molecule has 0 bridgehead atoms. The molecule has 0 fully saturated rings. The fourth-order valence-corrected chi connectivity index (χ4v) is 2.68. The van der Waals surface area contributed by atoms with Crippen LogP contribution in [-0.4, -0.2) is 14.4 Å². The van der Waals surface area contributed by atoms with E-state index < -0.39 is 16.0 Å². The van der Waals surface area contributed by atoms with Gasteiger partial charge in [0.15, 0.2) is 0 Å². The second-order valence-electron chi connectivity index (χ2n) is 4.61. The van der Waals surface area contributed by atoms with Crippen LogP contribution in [0.2, 0.25) is 0 Å². The monoisotopic (exact) mass is 317 g/mol. The summed E-state index contributed by atoms with van der Waals surface area (Å²) in [4.78, 5) is 11.6. The van der Waals surface area contributed by atoms with Crippen LogP contribution in [0.15, 0.2) is 71.6 Å². The third kappa shape index (κ3) is 3.95. The van der Waals surface area contributed by atoms with Crippen LogP contribution in [0.1, 0.15) is 6.92 Å². The largest absolute Gasteiger partial charge is 0.423 e. The average Bonchev–Trinajstić information content (AvgIpc) is 2.50. The Morgan fingerprint density at radius 2 is 1.64 bits per heavy atom. The van der Waals surface area contributed by atoms with Gasteiger partial charge in [0.05, 0.1) is 4.90 Å². The van der Waals surface area contributed by atoms with Gasteiger partial charge in [0.25, 0.3) is 10.0 Å². The molecule has 0 spiro atoms. The Hall–Kier alpha value is -2.60. The van der Waals surface area contributed by atoms with Gasteiger partial charge in [-0.3, -0.25) is 4.72 Å². The molecule has 5 nitrogen and oxygen atoms in total. The quantitative estimate of drug-likeness (QED) is 0.523. The average molecular weight is 317 g/mol. The van der Waals surface area contributed by atoms with Gasteiger partial charge in [-0.05, 0) is 43.3 Å². The molecule has 0 aliphatic carbocycles. The lowest BCUT2D eigenvalue weighted by atomic mass is 10.3. The number of carbonyl (C=O) groups excluding carboxylic acids is 1. The lowest BCUT2D eigenvalue weighted by Crippen LogP contribution is -2.13. The van der Waals surface area contributed by atoms with Crippen molar-refractivity contribution in [1.82, 2.24) is 0 Å². The van der Waals surface area contributed by atoms with Crippen LogP contribution in [0.25, 0.3) is 0 Å². The van der Waals surface area contributed by atoms with Crippen LogP contribution in [0, 0.1) is 0 Å². The number of rotatable bonds is 5. The van der Waals surface area contributed by atoms with Crippen molar-refractivity contribution in [3.05, 3.63) is 66.7 Å². The molecule has 0 heterocycles. The predicted molar refractivity (Wildman–Crippen MR) is 84.1 cm³/mol. The first-order valence-electron chi connectivity index (χ1n) is 6.44. The topological polar surface area (TPSA) is 72.5 Å². The van der Waals surface area contributed by atoms with Crippen LogP contribution in [0.3, 0.4) is 0 Å². The first-order chi connectivity index (χ1) is 10.4. The minimum absolute atomic E-state index is 0.174. The number of nitrogens with one attached hydrogen (secondary N) is 1. The Morgan fingerprint density at radius 1 is 1.05 bits per heavy atom. The molecule has 22 heavy (non-hydrogen) atoms. The number of ether oxygens (including phenoxy) is 1. The summed E-state index contributed by atoms with van der Waals surface area (Å²) in [6.45, 7) is 5.03. The van der Waals surface area contributed by atoms with E-state index in [0.29, 0.717) is 11.4 Å². The third-order valence-electron chi connectivity index (χ3n) is 2.72. The van der Waals surface area contributed by atoms with Crippen LogP contribution >= 0.6 is 0 Å². The second kappa shape index (κ2) is 6.44. The highest BCUT2D eigenvalue weighted by Crippen LogP contribution is 2.19. The van der Waals surface area contributed by atoms with E-state index in [9.17, 15) is 13.2 Å². The molecule has 0 aliphatic heterocycles. The summed E-state index contributed by atoms with van der Waals surface area (Å²) in [7, 11) is -3.63. The molecule has 0 aliphatic rings. The number of anilines is 1. The van der Waals surface area contributed by atoms with Gasteiger partial charge in [0, 0.05) is 11.3 Å². The maximum atomic E-state index is 12.1. The Balaban J connectivity index is 2.12. The van der Waals surface area contributed by atoms with Crippen molar-refractivity contribution in [3.63, 3.8) is 0 Å². The summed E-state index contributed by atoms with van der Waals surface area (Å²) < 4.78 is 31.8. The van der Waals surface area contributed by atoms with Crippen molar-refractivity contribution < 1.29 is 17.9 Å². The second-order valence-corrected chi connectivity index (χ2v) is 6.30. The Morgan fingerprint density at radius 3 is 2.18 bits per heavy atom. The predicted octanol–water partition coefficient (Wildman–Crippen LogP) is 2.97. The molecule has 1 N–H and O–H groups in total.